The zero-order valence-electron chi connectivity index (χ0n) is 15.7. The van der Waals surface area contributed by atoms with E-state index in [1.165, 1.54) is 0 Å². The molecular formula is C20H22N6O2. The summed E-state index contributed by atoms with van der Waals surface area (Å²) in [5, 5.41) is 9.34. The second-order valence-corrected chi connectivity index (χ2v) is 7.13. The molecule has 3 aromatic rings. The summed E-state index contributed by atoms with van der Waals surface area (Å²) in [5.41, 5.74) is 8.05. The molecule has 28 heavy (non-hydrogen) atoms. The Bertz CT molecular complexity index is 1040. The van der Waals surface area contributed by atoms with Crippen molar-refractivity contribution < 1.29 is 9.59 Å². The van der Waals surface area contributed by atoms with Crippen molar-refractivity contribution in [1.82, 2.24) is 24.9 Å². The summed E-state index contributed by atoms with van der Waals surface area (Å²) in [6.07, 6.45) is 4.60. The van der Waals surface area contributed by atoms with Crippen LogP contribution in [0.25, 0.3) is 16.6 Å². The first kappa shape index (κ1) is 18.1. The highest BCUT2D eigenvalue weighted by Crippen LogP contribution is 2.23. The molecule has 3 heterocycles. The van der Waals surface area contributed by atoms with E-state index in [9.17, 15) is 9.59 Å². The zero-order chi connectivity index (χ0) is 19.7. The smallest absolute Gasteiger partial charge is 0.276 e. The Morgan fingerprint density at radius 3 is 2.93 bits per heavy atom. The molecule has 0 bridgehead atoms. The molecule has 8 heteroatoms. The molecule has 1 saturated heterocycles. The predicted molar refractivity (Wildman–Crippen MR) is 104 cm³/mol. The van der Waals surface area contributed by atoms with Gasteiger partial charge in [-0.2, -0.15) is 0 Å². The molecular weight excluding hydrogens is 356 g/mol. The van der Waals surface area contributed by atoms with Crippen molar-refractivity contribution in [3.8, 4) is 5.69 Å². The van der Waals surface area contributed by atoms with Gasteiger partial charge in [0.15, 0.2) is 5.69 Å². The number of likely N-dealkylation sites (tertiary alicyclic amines) is 1. The number of aromatic nitrogens is 4. The molecule has 1 aromatic carbocycles. The van der Waals surface area contributed by atoms with Crippen LogP contribution in [0.3, 0.4) is 0 Å². The second-order valence-electron chi connectivity index (χ2n) is 7.13. The van der Waals surface area contributed by atoms with Crippen molar-refractivity contribution in [3.63, 3.8) is 0 Å². The minimum atomic E-state index is -0.394. The van der Waals surface area contributed by atoms with E-state index in [2.05, 4.69) is 15.3 Å². The van der Waals surface area contributed by atoms with E-state index < -0.39 is 5.91 Å². The maximum Gasteiger partial charge on any atom is 0.276 e. The lowest BCUT2D eigenvalue weighted by Gasteiger charge is -2.34. The number of piperidine rings is 1. The number of nitrogens with zero attached hydrogens (tertiary/aromatic N) is 5. The topological polar surface area (TPSA) is 107 Å². The maximum absolute atomic E-state index is 13.1. The predicted octanol–water partition coefficient (Wildman–Crippen LogP) is 1.99. The molecule has 144 valence electrons. The fourth-order valence-corrected chi connectivity index (χ4v) is 3.82. The van der Waals surface area contributed by atoms with Crippen molar-refractivity contribution in [2.45, 2.75) is 38.6 Å². The number of primary amides is 1. The van der Waals surface area contributed by atoms with Crippen LogP contribution in [-0.2, 0) is 4.79 Å². The molecule has 0 aliphatic carbocycles. The Kier molecular flexibility index (Phi) is 4.77. The number of nitrogens with two attached hydrogens (primary N) is 1. The molecule has 1 aliphatic heterocycles. The van der Waals surface area contributed by atoms with Gasteiger partial charge < -0.3 is 10.6 Å². The first-order valence-electron chi connectivity index (χ1n) is 9.41. The third kappa shape index (κ3) is 3.33. The van der Waals surface area contributed by atoms with Gasteiger partial charge >= 0.3 is 0 Å². The largest absolute Gasteiger partial charge is 0.370 e. The van der Waals surface area contributed by atoms with Gasteiger partial charge in [0.25, 0.3) is 5.91 Å². The monoisotopic (exact) mass is 378 g/mol. The van der Waals surface area contributed by atoms with Gasteiger partial charge in [-0.3, -0.25) is 14.6 Å². The van der Waals surface area contributed by atoms with Crippen molar-refractivity contribution in [2.24, 2.45) is 5.73 Å². The third-order valence-corrected chi connectivity index (χ3v) is 5.25. The van der Waals surface area contributed by atoms with E-state index in [1.54, 1.807) is 15.8 Å². The number of carbonyl (C=O) groups excluding carboxylic acids is 2. The molecule has 2 amide bonds. The third-order valence-electron chi connectivity index (χ3n) is 5.25. The summed E-state index contributed by atoms with van der Waals surface area (Å²) < 4.78 is 1.66. The standard InChI is InChI=1S/C20H22N6O2/c1-13-19(20(28)25-10-3-2-6-15(25)12-18(21)27)23-24-26(13)16-7-8-17-14(11-16)5-4-9-22-17/h4-5,7-9,11,15H,2-3,6,10,12H2,1H3,(H2,21,27). The van der Waals surface area contributed by atoms with Gasteiger partial charge in [0.05, 0.1) is 16.9 Å². The van der Waals surface area contributed by atoms with Crippen molar-refractivity contribution in [2.75, 3.05) is 6.54 Å². The minimum absolute atomic E-state index is 0.171. The number of fused-ring (bicyclic) bond motifs is 1. The van der Waals surface area contributed by atoms with Gasteiger partial charge in [-0.05, 0) is 50.5 Å². The van der Waals surface area contributed by atoms with E-state index in [4.69, 9.17) is 5.73 Å². The van der Waals surface area contributed by atoms with Gasteiger partial charge in [0.2, 0.25) is 5.91 Å². The van der Waals surface area contributed by atoms with Crippen LogP contribution in [0.1, 0.15) is 41.9 Å². The number of benzene rings is 1. The lowest BCUT2D eigenvalue weighted by Crippen LogP contribution is -2.45. The molecule has 0 radical (unpaired) electrons. The highest BCUT2D eigenvalue weighted by Gasteiger charge is 2.31. The lowest BCUT2D eigenvalue weighted by molar-refractivity contribution is -0.119. The molecule has 2 N–H and O–H groups in total. The molecule has 1 aliphatic rings. The van der Waals surface area contributed by atoms with Crippen molar-refractivity contribution in [3.05, 3.63) is 47.9 Å². The van der Waals surface area contributed by atoms with Crippen molar-refractivity contribution >= 4 is 22.7 Å². The number of amides is 2. The van der Waals surface area contributed by atoms with Gasteiger partial charge in [0.1, 0.15) is 0 Å². The number of rotatable bonds is 4. The summed E-state index contributed by atoms with van der Waals surface area (Å²) in [5.74, 6) is -0.591. The Balaban J connectivity index is 1.65. The SMILES string of the molecule is Cc1c(C(=O)N2CCCCC2CC(N)=O)nnn1-c1ccc2ncccc2c1. The Morgan fingerprint density at radius 2 is 2.11 bits per heavy atom. The molecule has 1 unspecified atom stereocenters. The van der Waals surface area contributed by atoms with E-state index in [0.717, 1.165) is 35.9 Å². The van der Waals surface area contributed by atoms with Crippen LogP contribution >= 0.6 is 0 Å². The fraction of sp³-hybridized carbons (Fsp3) is 0.350. The Hall–Kier alpha value is -3.29. The van der Waals surface area contributed by atoms with E-state index in [1.807, 2.05) is 37.3 Å². The van der Waals surface area contributed by atoms with Crippen LogP contribution in [0, 0.1) is 6.92 Å². The van der Waals surface area contributed by atoms with E-state index >= 15 is 0 Å². The maximum atomic E-state index is 13.1. The van der Waals surface area contributed by atoms with Gasteiger partial charge in [-0.25, -0.2) is 4.68 Å². The summed E-state index contributed by atoms with van der Waals surface area (Å²) in [7, 11) is 0. The number of pyridine rings is 1. The van der Waals surface area contributed by atoms with Crippen molar-refractivity contribution in [1.29, 1.82) is 0 Å². The zero-order valence-corrected chi connectivity index (χ0v) is 15.7. The highest BCUT2D eigenvalue weighted by molar-refractivity contribution is 5.94. The average molecular weight is 378 g/mol. The number of hydrogen-bond acceptors (Lipinski definition) is 5. The van der Waals surface area contributed by atoms with E-state index in [-0.39, 0.29) is 18.4 Å². The van der Waals surface area contributed by atoms with Crippen LogP contribution in [0.15, 0.2) is 36.5 Å². The lowest BCUT2D eigenvalue weighted by atomic mass is 9.98. The van der Waals surface area contributed by atoms with Crippen LogP contribution < -0.4 is 5.73 Å². The number of carbonyl (C=O) groups is 2. The van der Waals surface area contributed by atoms with Gasteiger partial charge in [-0.1, -0.05) is 11.3 Å². The quantitative estimate of drug-likeness (QED) is 0.747. The number of hydrogen-bond donors (Lipinski definition) is 1. The fourth-order valence-electron chi connectivity index (χ4n) is 3.82. The first-order valence-corrected chi connectivity index (χ1v) is 9.41. The van der Waals surface area contributed by atoms with Crippen LogP contribution in [0.4, 0.5) is 0 Å². The highest BCUT2D eigenvalue weighted by atomic mass is 16.2. The molecule has 1 fully saturated rings. The molecule has 2 aromatic heterocycles. The van der Waals surface area contributed by atoms with Crippen LogP contribution in [-0.4, -0.2) is 49.3 Å². The van der Waals surface area contributed by atoms with Crippen LogP contribution in [0.5, 0.6) is 0 Å². The summed E-state index contributed by atoms with van der Waals surface area (Å²) in [4.78, 5) is 30.5. The summed E-state index contributed by atoms with van der Waals surface area (Å²) in [6.45, 7) is 2.43. The van der Waals surface area contributed by atoms with Gasteiger partial charge in [-0.15, -0.1) is 5.10 Å². The Labute approximate surface area is 162 Å². The minimum Gasteiger partial charge on any atom is -0.370 e. The normalized spacial score (nSPS) is 17.0. The van der Waals surface area contributed by atoms with Crippen LogP contribution in [0.2, 0.25) is 0 Å². The second kappa shape index (κ2) is 7.38. The first-order chi connectivity index (χ1) is 13.5. The van der Waals surface area contributed by atoms with Gasteiger partial charge in [0, 0.05) is 30.6 Å². The molecule has 0 saturated carbocycles. The molecule has 4 rings (SSSR count). The summed E-state index contributed by atoms with van der Waals surface area (Å²) in [6, 6.07) is 9.48. The average Bonchev–Trinajstić information content (AvgIpc) is 3.08. The Morgan fingerprint density at radius 1 is 1.25 bits per heavy atom. The molecule has 0 spiro atoms. The summed E-state index contributed by atoms with van der Waals surface area (Å²) >= 11 is 0. The van der Waals surface area contributed by atoms with E-state index in [0.29, 0.717) is 17.9 Å². The molecule has 8 nitrogen and oxygen atoms in total. The molecule has 1 atom stereocenters.